The maximum Gasteiger partial charge on any atom is 0.255 e. The first-order chi connectivity index (χ1) is 17.8. The summed E-state index contributed by atoms with van der Waals surface area (Å²) in [6.07, 6.45) is 5.16. The molecule has 9 heteroatoms. The lowest BCUT2D eigenvalue weighted by Crippen LogP contribution is -2.38. The quantitative estimate of drug-likeness (QED) is 0.455. The molecule has 194 valence electrons. The maximum absolute atomic E-state index is 13.2. The fourth-order valence-electron chi connectivity index (χ4n) is 4.25. The van der Waals surface area contributed by atoms with E-state index in [1.807, 2.05) is 35.2 Å². The van der Waals surface area contributed by atoms with Crippen LogP contribution in [0.3, 0.4) is 0 Å². The topological polar surface area (TPSA) is 96.0 Å². The Hall–Kier alpha value is -3.85. The van der Waals surface area contributed by atoms with Crippen molar-refractivity contribution in [1.82, 2.24) is 4.90 Å². The van der Waals surface area contributed by atoms with Crippen LogP contribution in [0.2, 0.25) is 0 Å². The first kappa shape index (κ1) is 26.2. The Morgan fingerprint density at radius 3 is 2.08 bits per heavy atom. The number of rotatable bonds is 8. The molecule has 0 spiro atoms. The molecule has 3 aromatic carbocycles. The van der Waals surface area contributed by atoms with Crippen LogP contribution in [0.1, 0.15) is 36.0 Å². The number of nitrogens with one attached hydrogen (secondary N) is 1. The summed E-state index contributed by atoms with van der Waals surface area (Å²) in [5.74, 6) is 0.509. The van der Waals surface area contributed by atoms with Gasteiger partial charge >= 0.3 is 0 Å². The number of benzene rings is 3. The van der Waals surface area contributed by atoms with Crippen LogP contribution in [0.5, 0.6) is 11.5 Å². The predicted molar refractivity (Wildman–Crippen MR) is 145 cm³/mol. The lowest BCUT2D eigenvalue weighted by atomic mass is 10.1. The molecule has 1 saturated heterocycles. The Labute approximate surface area is 217 Å². The maximum atomic E-state index is 13.2. The van der Waals surface area contributed by atoms with Gasteiger partial charge in [0.05, 0.1) is 23.2 Å². The van der Waals surface area contributed by atoms with Crippen LogP contribution >= 0.6 is 0 Å². The Morgan fingerprint density at radius 2 is 1.43 bits per heavy atom. The summed E-state index contributed by atoms with van der Waals surface area (Å²) < 4.78 is 31.9. The summed E-state index contributed by atoms with van der Waals surface area (Å²) in [6, 6.07) is 22.5. The lowest BCUT2D eigenvalue weighted by Gasteiger charge is -2.24. The number of amides is 2. The van der Waals surface area contributed by atoms with Crippen molar-refractivity contribution >= 4 is 33.2 Å². The molecule has 0 saturated carbocycles. The highest BCUT2D eigenvalue weighted by molar-refractivity contribution is 7.92. The number of carbonyl (C=O) groups excluding carboxylic acids is 2. The molecule has 1 aliphatic rings. The van der Waals surface area contributed by atoms with Gasteiger partial charge in [-0.2, -0.15) is 0 Å². The zero-order valence-corrected chi connectivity index (χ0v) is 21.6. The molecule has 8 nitrogen and oxygen atoms in total. The molecule has 3 aromatic rings. The monoisotopic (exact) mass is 521 g/mol. The van der Waals surface area contributed by atoms with Crippen molar-refractivity contribution in [2.24, 2.45) is 0 Å². The van der Waals surface area contributed by atoms with E-state index in [-0.39, 0.29) is 5.91 Å². The molecule has 0 aliphatic carbocycles. The standard InChI is InChI=1S/C28H31N3O5S/c1-37(34,35)31(22-15-17-24(18-16-22)36-23-11-5-4-6-12-23)21-27(32)29-26-14-8-7-13-25(26)28(33)30-19-9-2-3-10-20-30/h4-8,11-18H,2-3,9-10,19-21H2,1H3,(H,29,32). The first-order valence-electron chi connectivity index (χ1n) is 12.3. The molecule has 0 atom stereocenters. The van der Waals surface area contributed by atoms with Gasteiger partial charge in [-0.25, -0.2) is 8.42 Å². The molecule has 0 aromatic heterocycles. The Kier molecular flexibility index (Phi) is 8.45. The largest absolute Gasteiger partial charge is 0.457 e. The third kappa shape index (κ3) is 7.10. The molecule has 4 rings (SSSR count). The van der Waals surface area contributed by atoms with Gasteiger partial charge in [0.25, 0.3) is 5.91 Å². The molecular weight excluding hydrogens is 490 g/mol. The highest BCUT2D eigenvalue weighted by atomic mass is 32.2. The third-order valence-corrected chi connectivity index (χ3v) is 7.26. The van der Waals surface area contributed by atoms with Crippen molar-refractivity contribution in [3.8, 4) is 11.5 Å². The molecule has 0 bridgehead atoms. The average molecular weight is 522 g/mol. The highest BCUT2D eigenvalue weighted by Crippen LogP contribution is 2.26. The van der Waals surface area contributed by atoms with E-state index in [2.05, 4.69) is 5.32 Å². The molecule has 1 fully saturated rings. The normalized spacial score (nSPS) is 13.9. The molecule has 1 aliphatic heterocycles. The van der Waals surface area contributed by atoms with Gasteiger partial charge in [0.2, 0.25) is 15.9 Å². The molecule has 1 N–H and O–H groups in total. The summed E-state index contributed by atoms with van der Waals surface area (Å²) in [5, 5.41) is 2.75. The zero-order chi connectivity index (χ0) is 26.3. The van der Waals surface area contributed by atoms with E-state index in [1.165, 1.54) is 0 Å². The minimum atomic E-state index is -3.77. The van der Waals surface area contributed by atoms with Gasteiger partial charge in [-0.05, 0) is 61.4 Å². The van der Waals surface area contributed by atoms with Crippen LogP contribution in [0.4, 0.5) is 11.4 Å². The second-order valence-electron chi connectivity index (χ2n) is 8.98. The van der Waals surface area contributed by atoms with Crippen LogP contribution in [0.15, 0.2) is 78.9 Å². The first-order valence-corrected chi connectivity index (χ1v) is 14.1. The summed E-state index contributed by atoms with van der Waals surface area (Å²) in [6.45, 7) is 0.934. The highest BCUT2D eigenvalue weighted by Gasteiger charge is 2.24. The molecule has 1 heterocycles. The third-order valence-electron chi connectivity index (χ3n) is 6.12. The van der Waals surface area contributed by atoms with Crippen LogP contribution in [0.25, 0.3) is 0 Å². The summed E-state index contributed by atoms with van der Waals surface area (Å²) in [5.41, 5.74) is 1.08. The molecule has 37 heavy (non-hydrogen) atoms. The lowest BCUT2D eigenvalue weighted by molar-refractivity contribution is -0.114. The Bertz CT molecular complexity index is 1320. The second kappa shape index (κ2) is 11.9. The minimum Gasteiger partial charge on any atom is -0.457 e. The SMILES string of the molecule is CS(=O)(=O)N(CC(=O)Nc1ccccc1C(=O)N1CCCCCC1)c1ccc(Oc2ccccc2)cc1. The van der Waals surface area contributed by atoms with Gasteiger partial charge in [-0.3, -0.25) is 13.9 Å². The van der Waals surface area contributed by atoms with Crippen LogP contribution in [-0.4, -0.2) is 51.0 Å². The number of hydrogen-bond acceptors (Lipinski definition) is 5. The summed E-state index contributed by atoms with van der Waals surface area (Å²) in [7, 11) is -3.77. The van der Waals surface area contributed by atoms with Crippen LogP contribution in [-0.2, 0) is 14.8 Å². The van der Waals surface area contributed by atoms with Gasteiger partial charge in [0, 0.05) is 13.1 Å². The van der Waals surface area contributed by atoms with Crippen molar-refractivity contribution in [3.63, 3.8) is 0 Å². The number of sulfonamides is 1. The molecule has 2 amide bonds. The number of anilines is 2. The van der Waals surface area contributed by atoms with Gasteiger partial charge in [0.1, 0.15) is 18.0 Å². The number of carbonyl (C=O) groups is 2. The van der Waals surface area contributed by atoms with E-state index >= 15 is 0 Å². The number of likely N-dealkylation sites (tertiary alicyclic amines) is 1. The van der Waals surface area contributed by atoms with E-state index in [9.17, 15) is 18.0 Å². The number of hydrogen-bond donors (Lipinski definition) is 1. The molecular formula is C28H31N3O5S. The predicted octanol–water partition coefficient (Wildman–Crippen LogP) is 4.90. The summed E-state index contributed by atoms with van der Waals surface area (Å²) in [4.78, 5) is 28.0. The minimum absolute atomic E-state index is 0.133. The van der Waals surface area contributed by atoms with Gasteiger partial charge in [-0.15, -0.1) is 0 Å². The number of ether oxygens (including phenoxy) is 1. The van der Waals surface area contributed by atoms with E-state index in [4.69, 9.17) is 4.74 Å². The molecule has 0 unspecified atom stereocenters. The van der Waals surface area contributed by atoms with Crippen molar-refractivity contribution < 1.29 is 22.7 Å². The molecule has 0 radical (unpaired) electrons. The smallest absolute Gasteiger partial charge is 0.255 e. The van der Waals surface area contributed by atoms with E-state index < -0.39 is 22.5 Å². The van der Waals surface area contributed by atoms with Gasteiger partial charge < -0.3 is 15.0 Å². The van der Waals surface area contributed by atoms with Crippen molar-refractivity contribution in [2.75, 3.05) is 35.5 Å². The van der Waals surface area contributed by atoms with E-state index in [1.54, 1.807) is 48.5 Å². The van der Waals surface area contributed by atoms with Crippen molar-refractivity contribution in [3.05, 3.63) is 84.4 Å². The van der Waals surface area contributed by atoms with E-state index in [0.29, 0.717) is 41.5 Å². The van der Waals surface area contributed by atoms with Crippen molar-refractivity contribution in [2.45, 2.75) is 25.7 Å². The van der Waals surface area contributed by atoms with Crippen molar-refractivity contribution in [1.29, 1.82) is 0 Å². The zero-order valence-electron chi connectivity index (χ0n) is 20.8. The van der Waals surface area contributed by atoms with Crippen LogP contribution in [0, 0.1) is 0 Å². The number of para-hydroxylation sites is 2. The fourth-order valence-corrected chi connectivity index (χ4v) is 5.10. The Balaban J connectivity index is 1.47. The summed E-state index contributed by atoms with van der Waals surface area (Å²) >= 11 is 0. The van der Waals surface area contributed by atoms with Gasteiger partial charge in [0.15, 0.2) is 0 Å². The fraction of sp³-hybridized carbons (Fsp3) is 0.286. The second-order valence-corrected chi connectivity index (χ2v) is 10.9. The number of nitrogens with zero attached hydrogens (tertiary/aromatic N) is 2. The Morgan fingerprint density at radius 1 is 0.838 bits per heavy atom. The van der Waals surface area contributed by atoms with E-state index in [0.717, 1.165) is 36.2 Å². The van der Waals surface area contributed by atoms with Gasteiger partial charge in [-0.1, -0.05) is 43.2 Å². The van der Waals surface area contributed by atoms with Crippen LogP contribution < -0.4 is 14.4 Å². The average Bonchev–Trinajstić information content (AvgIpc) is 3.18.